The molecule has 0 aliphatic carbocycles. The molecule has 2 heterocycles. The summed E-state index contributed by atoms with van der Waals surface area (Å²) in [5.74, 6) is 0.755. The van der Waals surface area contributed by atoms with Gasteiger partial charge in [0, 0.05) is 29.1 Å². The standard InChI is InChI=1S/C26H29N3OS/c1-5-28(6-2)16-17-29-24(21-14-12-18(3)13-15-21)27-25-23(26(29)30)22(19(4)31-25)20-10-8-7-9-11-20/h7-15H,5-6,16-17H2,1-4H3. The Bertz CT molecular complexity index is 1240. The molecular formula is C26H29N3OS. The van der Waals surface area contributed by atoms with E-state index in [2.05, 4.69) is 69.0 Å². The average Bonchev–Trinajstić information content (AvgIpc) is 3.12. The summed E-state index contributed by atoms with van der Waals surface area (Å²) in [6.07, 6.45) is 0. The number of thiophene rings is 1. The molecule has 4 rings (SSSR count). The first kappa shape index (κ1) is 21.5. The third-order valence-electron chi connectivity index (χ3n) is 5.89. The molecule has 160 valence electrons. The van der Waals surface area contributed by atoms with E-state index in [4.69, 9.17) is 4.98 Å². The van der Waals surface area contributed by atoms with Gasteiger partial charge in [0.05, 0.1) is 5.39 Å². The fourth-order valence-electron chi connectivity index (χ4n) is 4.06. The van der Waals surface area contributed by atoms with E-state index in [0.29, 0.717) is 6.54 Å². The lowest BCUT2D eigenvalue weighted by Crippen LogP contribution is -2.32. The first-order valence-corrected chi connectivity index (χ1v) is 11.7. The summed E-state index contributed by atoms with van der Waals surface area (Å²) in [7, 11) is 0. The van der Waals surface area contributed by atoms with Gasteiger partial charge < -0.3 is 4.90 Å². The molecule has 0 amide bonds. The van der Waals surface area contributed by atoms with E-state index < -0.39 is 0 Å². The van der Waals surface area contributed by atoms with Crippen LogP contribution >= 0.6 is 11.3 Å². The highest BCUT2D eigenvalue weighted by Gasteiger charge is 2.20. The SMILES string of the molecule is CCN(CC)CCn1c(-c2ccc(C)cc2)nc2sc(C)c(-c3ccccc3)c2c1=O. The van der Waals surface area contributed by atoms with Crippen molar-refractivity contribution in [3.8, 4) is 22.5 Å². The molecule has 2 aromatic carbocycles. The normalized spacial score (nSPS) is 11.5. The van der Waals surface area contributed by atoms with Crippen LogP contribution in [0, 0.1) is 13.8 Å². The first-order chi connectivity index (χ1) is 15.0. The first-order valence-electron chi connectivity index (χ1n) is 10.9. The Labute approximate surface area is 187 Å². The number of fused-ring (bicyclic) bond motifs is 1. The minimum atomic E-state index is 0.0518. The molecule has 4 aromatic rings. The fourth-order valence-corrected chi connectivity index (χ4v) is 5.09. The van der Waals surface area contributed by atoms with Crippen LogP contribution < -0.4 is 5.56 Å². The monoisotopic (exact) mass is 431 g/mol. The quantitative estimate of drug-likeness (QED) is 0.374. The molecule has 0 fully saturated rings. The zero-order chi connectivity index (χ0) is 22.0. The molecule has 0 radical (unpaired) electrons. The van der Waals surface area contributed by atoms with Crippen LogP contribution in [0.1, 0.15) is 24.3 Å². The van der Waals surface area contributed by atoms with Crippen LogP contribution in [0.5, 0.6) is 0 Å². The van der Waals surface area contributed by atoms with Crippen molar-refractivity contribution in [1.82, 2.24) is 14.5 Å². The number of aromatic nitrogens is 2. The minimum Gasteiger partial charge on any atom is -0.302 e. The van der Waals surface area contributed by atoms with E-state index in [0.717, 1.165) is 57.2 Å². The fraction of sp³-hybridized carbons (Fsp3) is 0.308. The van der Waals surface area contributed by atoms with Crippen molar-refractivity contribution in [3.63, 3.8) is 0 Å². The second-order valence-electron chi connectivity index (χ2n) is 7.86. The van der Waals surface area contributed by atoms with Crippen LogP contribution in [0.2, 0.25) is 0 Å². The van der Waals surface area contributed by atoms with Crippen LogP contribution in [0.3, 0.4) is 0 Å². The van der Waals surface area contributed by atoms with E-state index in [1.165, 1.54) is 5.56 Å². The molecule has 0 spiro atoms. The second-order valence-corrected chi connectivity index (χ2v) is 9.07. The number of rotatable bonds is 7. The Hall–Kier alpha value is -2.76. The molecule has 0 aliphatic heterocycles. The summed E-state index contributed by atoms with van der Waals surface area (Å²) in [5.41, 5.74) is 4.32. The predicted molar refractivity (Wildman–Crippen MR) is 132 cm³/mol. The molecular weight excluding hydrogens is 402 g/mol. The van der Waals surface area contributed by atoms with Gasteiger partial charge in [-0.2, -0.15) is 0 Å². The van der Waals surface area contributed by atoms with Gasteiger partial charge >= 0.3 is 0 Å². The molecule has 0 unspecified atom stereocenters. The molecule has 0 N–H and O–H groups in total. The summed E-state index contributed by atoms with van der Waals surface area (Å²) in [6.45, 7) is 11.8. The Morgan fingerprint density at radius 1 is 0.935 bits per heavy atom. The summed E-state index contributed by atoms with van der Waals surface area (Å²) in [6, 6.07) is 18.5. The molecule has 5 heteroatoms. The third-order valence-corrected chi connectivity index (χ3v) is 6.89. The highest BCUT2D eigenvalue weighted by atomic mass is 32.1. The minimum absolute atomic E-state index is 0.0518. The third kappa shape index (κ3) is 4.21. The number of benzene rings is 2. The van der Waals surface area contributed by atoms with Crippen LogP contribution in [-0.4, -0.2) is 34.1 Å². The topological polar surface area (TPSA) is 38.1 Å². The maximum atomic E-state index is 13.9. The van der Waals surface area contributed by atoms with Gasteiger partial charge in [-0.25, -0.2) is 4.98 Å². The van der Waals surface area contributed by atoms with Gasteiger partial charge in [-0.1, -0.05) is 74.0 Å². The highest BCUT2D eigenvalue weighted by Crippen LogP contribution is 2.36. The largest absolute Gasteiger partial charge is 0.302 e. The number of likely N-dealkylation sites (N-methyl/N-ethyl adjacent to an activating group) is 1. The van der Waals surface area contributed by atoms with Crippen LogP contribution in [-0.2, 0) is 6.54 Å². The Morgan fingerprint density at radius 2 is 1.61 bits per heavy atom. The second kappa shape index (κ2) is 9.16. The Kier molecular flexibility index (Phi) is 6.35. The van der Waals surface area contributed by atoms with Crippen molar-refractivity contribution in [2.45, 2.75) is 34.2 Å². The van der Waals surface area contributed by atoms with Gasteiger partial charge in [0.1, 0.15) is 10.7 Å². The molecule has 0 atom stereocenters. The van der Waals surface area contributed by atoms with Crippen LogP contribution in [0.4, 0.5) is 0 Å². The van der Waals surface area contributed by atoms with Crippen molar-refractivity contribution >= 4 is 21.6 Å². The van der Waals surface area contributed by atoms with E-state index in [-0.39, 0.29) is 5.56 Å². The van der Waals surface area contributed by atoms with Gasteiger partial charge in [-0.05, 0) is 32.5 Å². The molecule has 4 nitrogen and oxygen atoms in total. The Morgan fingerprint density at radius 3 is 2.26 bits per heavy atom. The summed E-state index contributed by atoms with van der Waals surface area (Å²) >= 11 is 1.61. The molecule has 0 bridgehead atoms. The summed E-state index contributed by atoms with van der Waals surface area (Å²) in [4.78, 5) is 23.2. The summed E-state index contributed by atoms with van der Waals surface area (Å²) < 4.78 is 1.88. The van der Waals surface area contributed by atoms with Gasteiger partial charge in [-0.3, -0.25) is 9.36 Å². The zero-order valence-electron chi connectivity index (χ0n) is 18.7. The van der Waals surface area contributed by atoms with E-state index in [9.17, 15) is 4.79 Å². The van der Waals surface area contributed by atoms with Crippen molar-refractivity contribution in [2.24, 2.45) is 0 Å². The van der Waals surface area contributed by atoms with Crippen LogP contribution in [0.25, 0.3) is 32.7 Å². The van der Waals surface area contributed by atoms with E-state index in [1.54, 1.807) is 11.3 Å². The zero-order valence-corrected chi connectivity index (χ0v) is 19.5. The predicted octanol–water partition coefficient (Wildman–Crippen LogP) is 5.75. The van der Waals surface area contributed by atoms with Crippen LogP contribution in [0.15, 0.2) is 59.4 Å². The van der Waals surface area contributed by atoms with E-state index in [1.807, 2.05) is 22.8 Å². The Balaban J connectivity index is 1.95. The maximum absolute atomic E-state index is 13.9. The van der Waals surface area contributed by atoms with E-state index >= 15 is 0 Å². The maximum Gasteiger partial charge on any atom is 0.263 e. The van der Waals surface area contributed by atoms with Gasteiger partial charge in [0.2, 0.25) is 0 Å². The molecule has 31 heavy (non-hydrogen) atoms. The van der Waals surface area contributed by atoms with Gasteiger partial charge in [0.25, 0.3) is 5.56 Å². The average molecular weight is 432 g/mol. The molecule has 0 aliphatic rings. The van der Waals surface area contributed by atoms with Crippen molar-refractivity contribution < 1.29 is 0 Å². The number of aryl methyl sites for hydroxylation is 2. The van der Waals surface area contributed by atoms with Crippen molar-refractivity contribution in [1.29, 1.82) is 0 Å². The number of hydrogen-bond donors (Lipinski definition) is 0. The smallest absolute Gasteiger partial charge is 0.263 e. The van der Waals surface area contributed by atoms with Gasteiger partial charge in [0.15, 0.2) is 0 Å². The number of hydrogen-bond acceptors (Lipinski definition) is 4. The molecule has 2 aromatic heterocycles. The lowest BCUT2D eigenvalue weighted by molar-refractivity contribution is 0.289. The van der Waals surface area contributed by atoms with Crippen molar-refractivity contribution in [3.05, 3.63) is 75.4 Å². The highest BCUT2D eigenvalue weighted by molar-refractivity contribution is 7.19. The lowest BCUT2D eigenvalue weighted by Gasteiger charge is -2.20. The number of nitrogens with zero attached hydrogens (tertiary/aromatic N) is 3. The van der Waals surface area contributed by atoms with Crippen molar-refractivity contribution in [2.75, 3.05) is 19.6 Å². The van der Waals surface area contributed by atoms with Gasteiger partial charge in [-0.15, -0.1) is 11.3 Å². The molecule has 0 saturated carbocycles. The lowest BCUT2D eigenvalue weighted by atomic mass is 10.0. The summed E-state index contributed by atoms with van der Waals surface area (Å²) in [5, 5.41) is 0.740. The molecule has 0 saturated heterocycles.